The summed E-state index contributed by atoms with van der Waals surface area (Å²) in [7, 11) is 0. The van der Waals surface area contributed by atoms with E-state index in [0.29, 0.717) is 11.5 Å². The summed E-state index contributed by atoms with van der Waals surface area (Å²) in [6, 6.07) is 3.69. The molecule has 2 heterocycles. The lowest BCUT2D eigenvalue weighted by Gasteiger charge is -2.08. The lowest BCUT2D eigenvalue weighted by Crippen LogP contribution is -2.15. The molecular formula is C15H19N5O. The van der Waals surface area contributed by atoms with E-state index in [1.165, 1.54) is 6.20 Å². The monoisotopic (exact) mass is 285 g/mol. The molecule has 6 nitrogen and oxygen atoms in total. The third-order valence-electron chi connectivity index (χ3n) is 2.91. The summed E-state index contributed by atoms with van der Waals surface area (Å²) >= 11 is 0. The summed E-state index contributed by atoms with van der Waals surface area (Å²) in [5.41, 5.74) is 2.65. The van der Waals surface area contributed by atoms with Gasteiger partial charge in [0.25, 0.3) is 5.91 Å². The van der Waals surface area contributed by atoms with E-state index in [-0.39, 0.29) is 11.6 Å². The van der Waals surface area contributed by atoms with Gasteiger partial charge in [0.15, 0.2) is 0 Å². The highest BCUT2D eigenvalue weighted by molar-refractivity contribution is 6.02. The van der Waals surface area contributed by atoms with Crippen molar-refractivity contribution in [2.75, 3.05) is 17.2 Å². The van der Waals surface area contributed by atoms with Crippen molar-refractivity contribution >= 4 is 17.4 Å². The Hall–Kier alpha value is -2.50. The van der Waals surface area contributed by atoms with E-state index in [2.05, 4.69) is 32.5 Å². The van der Waals surface area contributed by atoms with Crippen LogP contribution in [0.5, 0.6) is 0 Å². The van der Waals surface area contributed by atoms with Crippen molar-refractivity contribution in [3.05, 3.63) is 41.6 Å². The summed E-state index contributed by atoms with van der Waals surface area (Å²) < 4.78 is 0. The van der Waals surface area contributed by atoms with E-state index in [1.54, 1.807) is 6.20 Å². The van der Waals surface area contributed by atoms with Crippen LogP contribution < -0.4 is 10.6 Å². The topological polar surface area (TPSA) is 79.8 Å². The Kier molecular flexibility index (Phi) is 4.81. The van der Waals surface area contributed by atoms with E-state index < -0.39 is 0 Å². The largest absolute Gasteiger partial charge is 0.369 e. The molecule has 0 unspecified atom stereocenters. The van der Waals surface area contributed by atoms with Crippen molar-refractivity contribution in [2.24, 2.45) is 0 Å². The molecule has 110 valence electrons. The van der Waals surface area contributed by atoms with Crippen LogP contribution in [0.3, 0.4) is 0 Å². The fraction of sp³-hybridized carbons (Fsp3) is 0.333. The molecular weight excluding hydrogens is 266 g/mol. The number of rotatable bonds is 5. The number of amides is 1. The molecule has 0 aliphatic rings. The minimum absolute atomic E-state index is 0.275. The van der Waals surface area contributed by atoms with Gasteiger partial charge < -0.3 is 10.6 Å². The first kappa shape index (κ1) is 14.9. The highest BCUT2D eigenvalue weighted by Gasteiger charge is 2.10. The molecule has 0 saturated carbocycles. The fourth-order valence-electron chi connectivity index (χ4n) is 1.79. The summed E-state index contributed by atoms with van der Waals surface area (Å²) in [6.07, 6.45) is 4.03. The SMILES string of the molecule is CCCNc1cnc(C(=O)Nc2ccc(C)nc2C)cn1. The average Bonchev–Trinajstić information content (AvgIpc) is 2.48. The highest BCUT2D eigenvalue weighted by atomic mass is 16.1. The average molecular weight is 285 g/mol. The number of aryl methyl sites for hydroxylation is 2. The number of pyridine rings is 1. The zero-order valence-electron chi connectivity index (χ0n) is 12.5. The van der Waals surface area contributed by atoms with Crippen LogP contribution in [-0.2, 0) is 0 Å². The van der Waals surface area contributed by atoms with Crippen LogP contribution in [0, 0.1) is 13.8 Å². The molecule has 0 fully saturated rings. The standard InChI is InChI=1S/C15H19N5O/c1-4-7-16-14-9-17-13(8-18-14)15(21)20-12-6-5-10(2)19-11(12)3/h5-6,8-9H,4,7H2,1-3H3,(H,16,18)(H,20,21). The molecule has 0 radical (unpaired) electrons. The first-order chi connectivity index (χ1) is 10.1. The molecule has 0 bridgehead atoms. The molecule has 0 saturated heterocycles. The number of carbonyl (C=O) groups is 1. The zero-order chi connectivity index (χ0) is 15.2. The van der Waals surface area contributed by atoms with Gasteiger partial charge in [-0.25, -0.2) is 9.97 Å². The maximum Gasteiger partial charge on any atom is 0.275 e. The number of aromatic nitrogens is 3. The van der Waals surface area contributed by atoms with Gasteiger partial charge in [0.2, 0.25) is 0 Å². The molecule has 0 aromatic carbocycles. The predicted molar refractivity (Wildman–Crippen MR) is 82.5 cm³/mol. The second-order valence-electron chi connectivity index (χ2n) is 4.75. The minimum atomic E-state index is -0.293. The molecule has 0 atom stereocenters. The van der Waals surface area contributed by atoms with Gasteiger partial charge >= 0.3 is 0 Å². The lowest BCUT2D eigenvalue weighted by molar-refractivity contribution is 0.102. The number of nitrogens with zero attached hydrogens (tertiary/aromatic N) is 3. The smallest absolute Gasteiger partial charge is 0.275 e. The van der Waals surface area contributed by atoms with E-state index in [4.69, 9.17) is 0 Å². The maximum atomic E-state index is 12.1. The molecule has 2 aromatic heterocycles. The van der Waals surface area contributed by atoms with Crippen LogP contribution in [0.1, 0.15) is 35.2 Å². The third kappa shape index (κ3) is 3.98. The van der Waals surface area contributed by atoms with Gasteiger partial charge in [0, 0.05) is 12.2 Å². The van der Waals surface area contributed by atoms with Gasteiger partial charge in [0.05, 0.1) is 23.8 Å². The molecule has 2 N–H and O–H groups in total. The summed E-state index contributed by atoms with van der Waals surface area (Å²) in [4.78, 5) is 24.7. The molecule has 21 heavy (non-hydrogen) atoms. The number of hydrogen-bond acceptors (Lipinski definition) is 5. The lowest BCUT2D eigenvalue weighted by atomic mass is 10.2. The van der Waals surface area contributed by atoms with Gasteiger partial charge in [-0.1, -0.05) is 6.92 Å². The first-order valence-electron chi connectivity index (χ1n) is 6.91. The van der Waals surface area contributed by atoms with Crippen LogP contribution in [0.15, 0.2) is 24.5 Å². The first-order valence-corrected chi connectivity index (χ1v) is 6.91. The van der Waals surface area contributed by atoms with Crippen LogP contribution in [-0.4, -0.2) is 27.4 Å². The van der Waals surface area contributed by atoms with Crippen LogP contribution >= 0.6 is 0 Å². The summed E-state index contributed by atoms with van der Waals surface area (Å²) in [6.45, 7) is 6.66. The minimum Gasteiger partial charge on any atom is -0.369 e. The number of carbonyl (C=O) groups excluding carboxylic acids is 1. The molecule has 2 aromatic rings. The van der Waals surface area contributed by atoms with Crippen molar-refractivity contribution in [3.8, 4) is 0 Å². The van der Waals surface area contributed by atoms with Crippen molar-refractivity contribution in [1.29, 1.82) is 0 Å². The van der Waals surface area contributed by atoms with Crippen LogP contribution in [0.4, 0.5) is 11.5 Å². The highest BCUT2D eigenvalue weighted by Crippen LogP contribution is 2.13. The zero-order valence-corrected chi connectivity index (χ0v) is 12.5. The Morgan fingerprint density at radius 3 is 2.62 bits per heavy atom. The van der Waals surface area contributed by atoms with Crippen molar-refractivity contribution in [3.63, 3.8) is 0 Å². The molecule has 2 rings (SSSR count). The van der Waals surface area contributed by atoms with E-state index >= 15 is 0 Å². The molecule has 6 heteroatoms. The molecule has 0 aliphatic carbocycles. The van der Waals surface area contributed by atoms with Gasteiger partial charge in [-0.05, 0) is 32.4 Å². The fourth-order valence-corrected chi connectivity index (χ4v) is 1.79. The Morgan fingerprint density at radius 1 is 1.19 bits per heavy atom. The number of anilines is 2. The number of hydrogen-bond donors (Lipinski definition) is 2. The van der Waals surface area contributed by atoms with Gasteiger partial charge in [-0.3, -0.25) is 9.78 Å². The molecule has 1 amide bonds. The maximum absolute atomic E-state index is 12.1. The Labute approximate surface area is 124 Å². The van der Waals surface area contributed by atoms with Crippen LogP contribution in [0.25, 0.3) is 0 Å². The second-order valence-corrected chi connectivity index (χ2v) is 4.75. The Bertz CT molecular complexity index is 624. The molecule has 0 aliphatic heterocycles. The third-order valence-corrected chi connectivity index (χ3v) is 2.91. The Morgan fingerprint density at radius 2 is 2.00 bits per heavy atom. The second kappa shape index (κ2) is 6.78. The summed E-state index contributed by atoms with van der Waals surface area (Å²) in [5, 5.41) is 5.90. The van der Waals surface area contributed by atoms with E-state index in [9.17, 15) is 4.79 Å². The molecule has 0 spiro atoms. The summed E-state index contributed by atoms with van der Waals surface area (Å²) in [5.74, 6) is 0.375. The van der Waals surface area contributed by atoms with Crippen molar-refractivity contribution in [1.82, 2.24) is 15.0 Å². The van der Waals surface area contributed by atoms with Crippen molar-refractivity contribution in [2.45, 2.75) is 27.2 Å². The Balaban J connectivity index is 2.06. The number of nitrogens with one attached hydrogen (secondary N) is 2. The van der Waals surface area contributed by atoms with E-state index in [1.807, 2.05) is 26.0 Å². The van der Waals surface area contributed by atoms with Gasteiger partial charge in [-0.15, -0.1) is 0 Å². The quantitative estimate of drug-likeness (QED) is 0.882. The van der Waals surface area contributed by atoms with Crippen LogP contribution in [0.2, 0.25) is 0 Å². The van der Waals surface area contributed by atoms with E-state index in [0.717, 1.165) is 24.4 Å². The van der Waals surface area contributed by atoms with Gasteiger partial charge in [-0.2, -0.15) is 0 Å². The van der Waals surface area contributed by atoms with Gasteiger partial charge in [0.1, 0.15) is 11.5 Å². The van der Waals surface area contributed by atoms with Crippen molar-refractivity contribution < 1.29 is 4.79 Å². The normalized spacial score (nSPS) is 10.2. The predicted octanol–water partition coefficient (Wildman–Crippen LogP) is 2.56.